The molecule has 1 aliphatic rings. The highest BCUT2D eigenvalue weighted by molar-refractivity contribution is 5.82. The summed E-state index contributed by atoms with van der Waals surface area (Å²) in [5, 5.41) is 3.45. The van der Waals surface area contributed by atoms with E-state index in [9.17, 15) is 0 Å². The largest absolute Gasteiger partial charge is 0.379 e. The van der Waals surface area contributed by atoms with Crippen LogP contribution in [0.25, 0.3) is 11.2 Å². The lowest BCUT2D eigenvalue weighted by atomic mass is 10.1. The van der Waals surface area contributed by atoms with Crippen molar-refractivity contribution >= 4 is 17.0 Å². The Hall–Kier alpha value is -2.58. The second-order valence-corrected chi connectivity index (χ2v) is 5.61. The Balaban J connectivity index is 1.47. The zero-order valence-corrected chi connectivity index (χ0v) is 13.1. The second-order valence-electron chi connectivity index (χ2n) is 5.61. The van der Waals surface area contributed by atoms with E-state index in [1.54, 1.807) is 12.5 Å². The molecule has 2 N–H and O–H groups in total. The molecule has 1 aliphatic heterocycles. The van der Waals surface area contributed by atoms with Crippen LogP contribution in [0.5, 0.6) is 0 Å². The molecular weight excluding hydrogens is 308 g/mol. The van der Waals surface area contributed by atoms with Gasteiger partial charge in [0.2, 0.25) is 0 Å². The van der Waals surface area contributed by atoms with Gasteiger partial charge in [0.15, 0.2) is 11.5 Å². The van der Waals surface area contributed by atoms with Gasteiger partial charge in [0.1, 0.15) is 17.9 Å². The van der Waals surface area contributed by atoms with Crippen molar-refractivity contribution in [1.29, 1.82) is 0 Å². The number of nitrogens with one attached hydrogen (secondary N) is 2. The summed E-state index contributed by atoms with van der Waals surface area (Å²) in [6.07, 6.45) is 5.65. The van der Waals surface area contributed by atoms with Gasteiger partial charge in [-0.3, -0.25) is 4.98 Å². The lowest BCUT2D eigenvalue weighted by molar-refractivity contribution is -0.0645. The number of rotatable bonds is 5. The van der Waals surface area contributed by atoms with Gasteiger partial charge < -0.3 is 19.8 Å². The molecule has 0 aromatic carbocycles. The summed E-state index contributed by atoms with van der Waals surface area (Å²) in [4.78, 5) is 20.0. The van der Waals surface area contributed by atoms with Gasteiger partial charge in [0, 0.05) is 12.8 Å². The molecule has 124 valence electrons. The number of fused-ring (bicyclic) bond motifs is 1. The summed E-state index contributed by atoms with van der Waals surface area (Å²) in [6.45, 7) is 1.69. The van der Waals surface area contributed by atoms with Crippen molar-refractivity contribution in [1.82, 2.24) is 24.9 Å². The van der Waals surface area contributed by atoms with Crippen molar-refractivity contribution in [3.05, 3.63) is 42.7 Å². The molecule has 3 aromatic rings. The molecule has 0 saturated carbocycles. The number of aromatic nitrogens is 5. The fraction of sp³-hybridized carbons (Fsp3) is 0.375. The summed E-state index contributed by atoms with van der Waals surface area (Å²) in [5.41, 5.74) is 2.35. The molecular formula is C16H18N6O2. The second kappa shape index (κ2) is 6.90. The Labute approximate surface area is 138 Å². The van der Waals surface area contributed by atoms with Gasteiger partial charge in [-0.25, -0.2) is 15.0 Å². The van der Waals surface area contributed by atoms with Gasteiger partial charge in [-0.1, -0.05) is 6.07 Å². The van der Waals surface area contributed by atoms with Crippen LogP contribution in [0.15, 0.2) is 37.1 Å². The van der Waals surface area contributed by atoms with Gasteiger partial charge in [-0.15, -0.1) is 0 Å². The minimum absolute atomic E-state index is 0.0753. The van der Waals surface area contributed by atoms with Gasteiger partial charge in [-0.2, -0.15) is 0 Å². The number of anilines is 1. The number of aromatic amines is 1. The van der Waals surface area contributed by atoms with Crippen LogP contribution in [-0.2, 0) is 16.1 Å². The number of pyridine rings is 1. The zero-order valence-electron chi connectivity index (χ0n) is 13.1. The lowest BCUT2D eigenvalue weighted by Gasteiger charge is -2.32. The van der Waals surface area contributed by atoms with E-state index < -0.39 is 0 Å². The van der Waals surface area contributed by atoms with E-state index in [1.807, 2.05) is 18.2 Å². The highest BCUT2D eigenvalue weighted by atomic mass is 16.5. The number of nitrogens with zero attached hydrogens (tertiary/aromatic N) is 4. The molecule has 3 aromatic heterocycles. The third-order valence-electron chi connectivity index (χ3n) is 4.02. The van der Waals surface area contributed by atoms with Crippen molar-refractivity contribution < 1.29 is 9.47 Å². The van der Waals surface area contributed by atoms with Crippen molar-refractivity contribution in [3.63, 3.8) is 0 Å². The van der Waals surface area contributed by atoms with Crippen molar-refractivity contribution in [2.45, 2.75) is 25.2 Å². The summed E-state index contributed by atoms with van der Waals surface area (Å²) in [7, 11) is 0. The molecule has 1 saturated heterocycles. The maximum absolute atomic E-state index is 6.03. The molecule has 8 heteroatoms. The summed E-state index contributed by atoms with van der Waals surface area (Å²) in [6, 6.07) is 5.89. The maximum atomic E-state index is 6.03. The van der Waals surface area contributed by atoms with Crippen LogP contribution in [0.2, 0.25) is 0 Å². The summed E-state index contributed by atoms with van der Waals surface area (Å²) < 4.78 is 11.6. The fourth-order valence-corrected chi connectivity index (χ4v) is 2.77. The van der Waals surface area contributed by atoms with E-state index in [0.29, 0.717) is 25.5 Å². The quantitative estimate of drug-likeness (QED) is 0.734. The predicted octanol–water partition coefficient (Wildman–Crippen LogP) is 1.53. The Morgan fingerprint density at radius 3 is 3.17 bits per heavy atom. The molecule has 0 spiro atoms. The zero-order chi connectivity index (χ0) is 16.2. The summed E-state index contributed by atoms with van der Waals surface area (Å²) in [5.74, 6) is 0.732. The third kappa shape index (κ3) is 3.19. The summed E-state index contributed by atoms with van der Waals surface area (Å²) >= 11 is 0. The van der Waals surface area contributed by atoms with Crippen molar-refractivity contribution in [2.24, 2.45) is 0 Å². The maximum Gasteiger partial charge on any atom is 0.182 e. The molecule has 0 unspecified atom stereocenters. The van der Waals surface area contributed by atoms with E-state index in [2.05, 4.69) is 30.2 Å². The Morgan fingerprint density at radius 1 is 1.25 bits per heavy atom. The van der Waals surface area contributed by atoms with Gasteiger partial charge >= 0.3 is 0 Å². The van der Waals surface area contributed by atoms with E-state index in [-0.39, 0.29) is 12.1 Å². The smallest absolute Gasteiger partial charge is 0.182 e. The third-order valence-corrected chi connectivity index (χ3v) is 4.02. The molecule has 0 aliphatic carbocycles. The van der Waals surface area contributed by atoms with Crippen LogP contribution in [-0.4, -0.2) is 50.3 Å². The first-order chi connectivity index (χ1) is 11.9. The number of ether oxygens (including phenoxy) is 2. The van der Waals surface area contributed by atoms with Crippen LogP contribution in [0, 0.1) is 0 Å². The topological polar surface area (TPSA) is 97.8 Å². The number of hydrogen-bond donors (Lipinski definition) is 2. The number of H-pyrrole nitrogens is 1. The van der Waals surface area contributed by atoms with Crippen LogP contribution >= 0.6 is 0 Å². The standard InChI is InChI=1S/C16H18N6O2/c1-2-5-17-11(3-1)7-24-13-8-23-6-4-12(13)22-16-14-15(19-9-18-14)20-10-21-16/h1-3,5,9-10,12-13H,4,6-8H2,(H2,18,19,20,21,22)/t12-,13-/m0/s1. The number of imidazole rings is 1. The van der Waals surface area contributed by atoms with E-state index in [0.717, 1.165) is 23.4 Å². The average Bonchev–Trinajstić information content (AvgIpc) is 3.12. The predicted molar refractivity (Wildman–Crippen MR) is 87.3 cm³/mol. The monoisotopic (exact) mass is 326 g/mol. The molecule has 2 atom stereocenters. The Morgan fingerprint density at radius 2 is 2.25 bits per heavy atom. The molecule has 8 nitrogen and oxygen atoms in total. The molecule has 0 amide bonds. The van der Waals surface area contributed by atoms with E-state index >= 15 is 0 Å². The van der Waals surface area contributed by atoms with Crippen LogP contribution in [0.3, 0.4) is 0 Å². The van der Waals surface area contributed by atoms with Crippen molar-refractivity contribution in [2.75, 3.05) is 18.5 Å². The van der Waals surface area contributed by atoms with Gasteiger partial charge in [-0.05, 0) is 18.6 Å². The molecule has 24 heavy (non-hydrogen) atoms. The first-order valence-corrected chi connectivity index (χ1v) is 7.90. The molecule has 0 bridgehead atoms. The Bertz CT molecular complexity index is 793. The highest BCUT2D eigenvalue weighted by Gasteiger charge is 2.27. The lowest BCUT2D eigenvalue weighted by Crippen LogP contribution is -2.43. The minimum Gasteiger partial charge on any atom is -0.379 e. The highest BCUT2D eigenvalue weighted by Crippen LogP contribution is 2.21. The molecule has 1 fully saturated rings. The van der Waals surface area contributed by atoms with E-state index in [4.69, 9.17) is 9.47 Å². The van der Waals surface area contributed by atoms with Crippen LogP contribution in [0.4, 0.5) is 5.82 Å². The minimum atomic E-state index is -0.0753. The average molecular weight is 326 g/mol. The molecule has 4 heterocycles. The molecule has 4 rings (SSSR count). The first kappa shape index (κ1) is 15.0. The molecule has 0 radical (unpaired) electrons. The van der Waals surface area contributed by atoms with Crippen molar-refractivity contribution in [3.8, 4) is 0 Å². The van der Waals surface area contributed by atoms with Crippen LogP contribution in [0.1, 0.15) is 12.1 Å². The van der Waals surface area contributed by atoms with Gasteiger partial charge in [0.25, 0.3) is 0 Å². The Kier molecular flexibility index (Phi) is 4.30. The van der Waals surface area contributed by atoms with E-state index in [1.165, 1.54) is 6.33 Å². The number of hydrogen-bond acceptors (Lipinski definition) is 7. The fourth-order valence-electron chi connectivity index (χ4n) is 2.77. The SMILES string of the molecule is c1ccc(CO[C@H]2COCC[C@@H]2Nc2ncnc3nc[nH]c23)nc1. The van der Waals surface area contributed by atoms with Crippen LogP contribution < -0.4 is 5.32 Å². The first-order valence-electron chi connectivity index (χ1n) is 7.90. The normalized spacial score (nSPS) is 21.0. The van der Waals surface area contributed by atoms with Gasteiger partial charge in [0.05, 0.1) is 31.3 Å².